The summed E-state index contributed by atoms with van der Waals surface area (Å²) in [6.45, 7) is 10.3. The first kappa shape index (κ1) is 17.0. The molecule has 1 aromatic rings. The highest BCUT2D eigenvalue weighted by Gasteiger charge is 2.33. The first-order valence-corrected chi connectivity index (χ1v) is 7.99. The Morgan fingerprint density at radius 2 is 1.95 bits per heavy atom. The lowest BCUT2D eigenvalue weighted by molar-refractivity contribution is -0.122. The molecule has 4 heteroatoms. The van der Waals surface area contributed by atoms with Gasteiger partial charge in [0.2, 0.25) is 0 Å². The number of rotatable bonds is 6. The van der Waals surface area contributed by atoms with Crippen molar-refractivity contribution >= 4 is 5.91 Å². The molecular formula is C18H27NO3. The zero-order valence-corrected chi connectivity index (χ0v) is 14.1. The van der Waals surface area contributed by atoms with Gasteiger partial charge in [0.1, 0.15) is 0 Å². The number of aryl methyl sites for hydroxylation is 2. The quantitative estimate of drug-likeness (QED) is 0.821. The minimum absolute atomic E-state index is 0.00340. The van der Waals surface area contributed by atoms with Crippen LogP contribution in [0.5, 0.6) is 0 Å². The minimum Gasteiger partial charge on any atom is -0.352 e. The Bertz CT molecular complexity index is 519. The van der Waals surface area contributed by atoms with Gasteiger partial charge in [-0.2, -0.15) is 0 Å². The predicted octanol–water partition coefficient (Wildman–Crippen LogP) is 3.21. The fraction of sp³-hybridized carbons (Fsp3) is 0.611. The summed E-state index contributed by atoms with van der Waals surface area (Å²) in [6, 6.07) is 5.90. The van der Waals surface area contributed by atoms with Crippen molar-refractivity contribution in [3.05, 3.63) is 34.9 Å². The second kappa shape index (κ2) is 7.25. The summed E-state index contributed by atoms with van der Waals surface area (Å²) in [4.78, 5) is 12.2. The highest BCUT2D eigenvalue weighted by molar-refractivity contribution is 5.95. The van der Waals surface area contributed by atoms with Gasteiger partial charge in [-0.15, -0.1) is 0 Å². The van der Waals surface area contributed by atoms with Crippen molar-refractivity contribution in [3.8, 4) is 0 Å². The molecule has 1 N–H and O–H groups in total. The van der Waals surface area contributed by atoms with Crippen molar-refractivity contribution in [1.29, 1.82) is 0 Å². The number of carbonyl (C=O) groups excluding carboxylic acids is 1. The number of amides is 1. The Kier molecular flexibility index (Phi) is 5.59. The molecule has 1 fully saturated rings. The third-order valence-electron chi connectivity index (χ3n) is 4.17. The molecule has 4 nitrogen and oxygen atoms in total. The maximum atomic E-state index is 12.2. The largest absolute Gasteiger partial charge is 0.352 e. The lowest BCUT2D eigenvalue weighted by Gasteiger charge is -2.29. The highest BCUT2D eigenvalue weighted by Crippen LogP contribution is 2.31. The van der Waals surface area contributed by atoms with Gasteiger partial charge in [0.15, 0.2) is 6.29 Å². The smallest absolute Gasteiger partial charge is 0.251 e. The van der Waals surface area contributed by atoms with E-state index >= 15 is 0 Å². The molecule has 1 saturated heterocycles. The maximum Gasteiger partial charge on any atom is 0.251 e. The second-order valence-electron chi connectivity index (χ2n) is 6.74. The zero-order valence-electron chi connectivity index (χ0n) is 14.1. The summed E-state index contributed by atoms with van der Waals surface area (Å²) in [5, 5.41) is 3.00. The molecule has 0 aliphatic carbocycles. The summed E-state index contributed by atoms with van der Waals surface area (Å²) in [5.41, 5.74) is 2.92. The first-order valence-electron chi connectivity index (χ1n) is 7.99. The van der Waals surface area contributed by atoms with E-state index in [0.29, 0.717) is 19.8 Å². The molecular weight excluding hydrogens is 278 g/mol. The molecule has 0 atom stereocenters. The third-order valence-corrected chi connectivity index (χ3v) is 4.17. The zero-order chi connectivity index (χ0) is 16.2. The van der Waals surface area contributed by atoms with E-state index in [1.807, 2.05) is 32.0 Å². The second-order valence-corrected chi connectivity index (χ2v) is 6.74. The fourth-order valence-electron chi connectivity index (χ4n) is 2.84. The van der Waals surface area contributed by atoms with Crippen LogP contribution in [0.3, 0.4) is 0 Å². The Hall–Kier alpha value is -1.39. The topological polar surface area (TPSA) is 47.6 Å². The van der Waals surface area contributed by atoms with E-state index in [9.17, 15) is 4.79 Å². The van der Waals surface area contributed by atoms with E-state index in [1.54, 1.807) is 0 Å². The number of nitrogens with one attached hydrogen (secondary N) is 1. The lowest BCUT2D eigenvalue weighted by atomic mass is 9.87. The van der Waals surface area contributed by atoms with Gasteiger partial charge in [-0.25, -0.2) is 0 Å². The van der Waals surface area contributed by atoms with Gasteiger partial charge in [-0.1, -0.05) is 31.5 Å². The van der Waals surface area contributed by atoms with Gasteiger partial charge in [0, 0.05) is 17.5 Å². The van der Waals surface area contributed by atoms with Gasteiger partial charge < -0.3 is 14.8 Å². The summed E-state index contributed by atoms with van der Waals surface area (Å²) >= 11 is 0. The van der Waals surface area contributed by atoms with Crippen LogP contribution in [0.25, 0.3) is 0 Å². The van der Waals surface area contributed by atoms with Gasteiger partial charge in [0.05, 0.1) is 13.2 Å². The van der Waals surface area contributed by atoms with Gasteiger partial charge in [0.25, 0.3) is 5.91 Å². The van der Waals surface area contributed by atoms with Gasteiger partial charge >= 0.3 is 0 Å². The van der Waals surface area contributed by atoms with Crippen LogP contribution in [0.2, 0.25) is 0 Å². The van der Waals surface area contributed by atoms with E-state index in [-0.39, 0.29) is 17.6 Å². The fourth-order valence-corrected chi connectivity index (χ4v) is 2.84. The third kappa shape index (κ3) is 4.31. The van der Waals surface area contributed by atoms with Crippen LogP contribution in [0.15, 0.2) is 18.2 Å². The number of benzene rings is 1. The molecule has 1 amide bonds. The van der Waals surface area contributed by atoms with Crippen LogP contribution < -0.4 is 5.32 Å². The van der Waals surface area contributed by atoms with Crippen LogP contribution >= 0.6 is 0 Å². The number of ether oxygens (including phenoxy) is 2. The Labute approximate surface area is 133 Å². The monoisotopic (exact) mass is 305 g/mol. The summed E-state index contributed by atoms with van der Waals surface area (Å²) in [7, 11) is 0. The molecule has 1 heterocycles. The lowest BCUT2D eigenvalue weighted by Crippen LogP contribution is -2.32. The number of hydrogen-bond donors (Lipinski definition) is 1. The SMILES string of the molecule is Cc1ccc(C(=O)NCCCC(C)(C)C2OCCO2)c(C)c1. The van der Waals surface area contributed by atoms with Crippen molar-refractivity contribution in [2.75, 3.05) is 19.8 Å². The average molecular weight is 305 g/mol. The van der Waals surface area contributed by atoms with Crippen molar-refractivity contribution in [3.63, 3.8) is 0 Å². The first-order chi connectivity index (χ1) is 10.4. The maximum absolute atomic E-state index is 12.2. The molecule has 1 aliphatic heterocycles. The number of carbonyl (C=O) groups is 1. The number of hydrogen-bond acceptors (Lipinski definition) is 3. The van der Waals surface area contributed by atoms with E-state index in [1.165, 1.54) is 5.56 Å². The molecule has 22 heavy (non-hydrogen) atoms. The summed E-state index contributed by atoms with van der Waals surface area (Å²) in [6.07, 6.45) is 1.74. The van der Waals surface area contributed by atoms with Crippen molar-refractivity contribution in [2.45, 2.75) is 46.8 Å². The molecule has 2 rings (SSSR count). The Balaban J connectivity index is 1.77. The molecule has 0 radical (unpaired) electrons. The van der Waals surface area contributed by atoms with Crippen LogP contribution in [-0.4, -0.2) is 32.0 Å². The standard InChI is InChI=1S/C18H27NO3/c1-13-6-7-15(14(2)12-13)16(20)19-9-5-8-18(3,4)17-21-10-11-22-17/h6-7,12,17H,5,8-11H2,1-4H3,(H,19,20). The highest BCUT2D eigenvalue weighted by atomic mass is 16.7. The minimum atomic E-state index is -0.123. The molecule has 1 aliphatic rings. The molecule has 0 bridgehead atoms. The van der Waals surface area contributed by atoms with Crippen molar-refractivity contribution in [2.24, 2.45) is 5.41 Å². The summed E-state index contributed by atoms with van der Waals surface area (Å²) in [5.74, 6) is 0.00340. The van der Waals surface area contributed by atoms with E-state index < -0.39 is 0 Å². The van der Waals surface area contributed by atoms with Crippen LogP contribution in [-0.2, 0) is 9.47 Å². The average Bonchev–Trinajstić information content (AvgIpc) is 2.98. The molecule has 1 aromatic carbocycles. The Morgan fingerprint density at radius 3 is 2.59 bits per heavy atom. The molecule has 0 unspecified atom stereocenters. The molecule has 0 saturated carbocycles. The van der Waals surface area contributed by atoms with Gasteiger partial charge in [-0.05, 0) is 38.3 Å². The molecule has 0 spiro atoms. The van der Waals surface area contributed by atoms with E-state index in [4.69, 9.17) is 9.47 Å². The van der Waals surface area contributed by atoms with Crippen molar-refractivity contribution in [1.82, 2.24) is 5.32 Å². The van der Waals surface area contributed by atoms with Gasteiger partial charge in [-0.3, -0.25) is 4.79 Å². The predicted molar refractivity (Wildman–Crippen MR) is 87.0 cm³/mol. The van der Waals surface area contributed by atoms with E-state index in [0.717, 1.165) is 24.0 Å². The van der Waals surface area contributed by atoms with Crippen LogP contribution in [0.4, 0.5) is 0 Å². The Morgan fingerprint density at radius 1 is 1.27 bits per heavy atom. The molecule has 0 aromatic heterocycles. The van der Waals surface area contributed by atoms with E-state index in [2.05, 4.69) is 19.2 Å². The van der Waals surface area contributed by atoms with Crippen molar-refractivity contribution < 1.29 is 14.3 Å². The normalized spacial score (nSPS) is 16.0. The summed E-state index contributed by atoms with van der Waals surface area (Å²) < 4.78 is 11.2. The molecule has 122 valence electrons. The van der Waals surface area contributed by atoms with Crippen LogP contribution in [0, 0.1) is 19.3 Å². The van der Waals surface area contributed by atoms with Crippen LogP contribution in [0.1, 0.15) is 48.2 Å².